The Kier molecular flexibility index (Phi) is 5.36. The van der Waals surface area contributed by atoms with E-state index in [0.29, 0.717) is 23.4 Å². The van der Waals surface area contributed by atoms with E-state index in [1.165, 1.54) is 12.1 Å². The van der Waals surface area contributed by atoms with Gasteiger partial charge in [-0.2, -0.15) is 0 Å². The molecule has 0 radical (unpaired) electrons. The molecule has 0 unspecified atom stereocenters. The molecule has 0 aliphatic heterocycles. The molecule has 0 spiro atoms. The van der Waals surface area contributed by atoms with Gasteiger partial charge in [0.1, 0.15) is 18.2 Å². The van der Waals surface area contributed by atoms with E-state index in [-0.39, 0.29) is 11.1 Å². The fourth-order valence-electron chi connectivity index (χ4n) is 2.85. The van der Waals surface area contributed by atoms with Gasteiger partial charge in [-0.15, -0.1) is 10.2 Å². The van der Waals surface area contributed by atoms with Crippen molar-refractivity contribution >= 4 is 23.4 Å². The molecule has 0 bridgehead atoms. The van der Waals surface area contributed by atoms with Crippen molar-refractivity contribution in [3.05, 3.63) is 70.8 Å². The third kappa shape index (κ3) is 4.28. The first kappa shape index (κ1) is 18.3. The molecule has 2 aromatic carbocycles. The van der Waals surface area contributed by atoms with Gasteiger partial charge in [0, 0.05) is 11.3 Å². The molecule has 1 aliphatic rings. The molecule has 1 aliphatic carbocycles. The predicted octanol–water partition coefficient (Wildman–Crippen LogP) is 5.84. The van der Waals surface area contributed by atoms with Crippen LogP contribution in [0, 0.1) is 5.82 Å². The number of para-hydroxylation sites is 1. The highest BCUT2D eigenvalue weighted by atomic mass is 35.5. The summed E-state index contributed by atoms with van der Waals surface area (Å²) in [4.78, 5) is 0. The Balaban J connectivity index is 1.50. The number of ether oxygens (including phenoxy) is 1. The molecule has 7 heteroatoms. The summed E-state index contributed by atoms with van der Waals surface area (Å²) in [6.45, 7) is 2.41. The number of thioether (sulfide) groups is 1. The summed E-state index contributed by atoms with van der Waals surface area (Å²) in [5.74, 6) is 1.21. The molecule has 1 saturated carbocycles. The molecule has 1 atom stereocenters. The number of halogens is 2. The zero-order valence-electron chi connectivity index (χ0n) is 14.8. The van der Waals surface area contributed by atoms with Gasteiger partial charge in [-0.1, -0.05) is 47.6 Å². The van der Waals surface area contributed by atoms with E-state index in [0.717, 1.165) is 29.4 Å². The number of hydrogen-bond donors (Lipinski definition) is 0. The Hall–Kier alpha value is -2.05. The molecule has 4 nitrogen and oxygen atoms in total. The second kappa shape index (κ2) is 7.90. The summed E-state index contributed by atoms with van der Waals surface area (Å²) >= 11 is 7.79. The Morgan fingerprint density at radius 3 is 2.63 bits per heavy atom. The molecule has 4 rings (SSSR count). The lowest BCUT2D eigenvalue weighted by Crippen LogP contribution is -2.07. The van der Waals surface area contributed by atoms with Crippen LogP contribution in [0.1, 0.15) is 42.4 Å². The van der Waals surface area contributed by atoms with Gasteiger partial charge in [-0.3, -0.25) is 4.57 Å². The maximum Gasteiger partial charge on any atom is 0.192 e. The standard InChI is InChI=1S/C20H19ClFN3OS/c1-13(14-6-8-15(22)9-7-14)27-20-24-23-19(25(20)16-10-11-16)12-26-18-5-3-2-4-17(18)21/h2-9,13,16H,10-12H2,1H3/t13-/m0/s1. The minimum atomic E-state index is -0.226. The second-order valence-electron chi connectivity index (χ2n) is 6.53. The fourth-order valence-corrected chi connectivity index (χ4v) is 4.11. The van der Waals surface area contributed by atoms with E-state index < -0.39 is 0 Å². The van der Waals surface area contributed by atoms with Crippen LogP contribution in [-0.4, -0.2) is 14.8 Å². The van der Waals surface area contributed by atoms with E-state index in [9.17, 15) is 4.39 Å². The molecular weight excluding hydrogens is 385 g/mol. The van der Waals surface area contributed by atoms with Crippen molar-refractivity contribution in [1.82, 2.24) is 14.8 Å². The third-order valence-corrected chi connectivity index (χ3v) is 5.89. The van der Waals surface area contributed by atoms with E-state index in [4.69, 9.17) is 16.3 Å². The molecule has 3 aromatic rings. The number of aromatic nitrogens is 3. The van der Waals surface area contributed by atoms with Gasteiger partial charge < -0.3 is 4.74 Å². The molecular formula is C20H19ClFN3OS. The van der Waals surface area contributed by atoms with Crippen molar-refractivity contribution in [2.24, 2.45) is 0 Å². The van der Waals surface area contributed by atoms with Crippen molar-refractivity contribution in [2.45, 2.75) is 42.8 Å². The van der Waals surface area contributed by atoms with E-state index in [2.05, 4.69) is 21.7 Å². The van der Waals surface area contributed by atoms with Gasteiger partial charge in [0.2, 0.25) is 0 Å². The molecule has 0 saturated heterocycles. The fraction of sp³-hybridized carbons (Fsp3) is 0.300. The summed E-state index contributed by atoms with van der Waals surface area (Å²) in [6, 6.07) is 14.4. The monoisotopic (exact) mass is 403 g/mol. The SMILES string of the molecule is C[C@H](Sc1nnc(COc2ccccc2Cl)n1C1CC1)c1ccc(F)cc1. The van der Waals surface area contributed by atoms with Crippen LogP contribution in [0.4, 0.5) is 4.39 Å². The Bertz CT molecular complexity index is 927. The highest BCUT2D eigenvalue weighted by molar-refractivity contribution is 7.99. The largest absolute Gasteiger partial charge is 0.484 e. The number of rotatable bonds is 7. The van der Waals surface area contributed by atoms with Crippen molar-refractivity contribution in [3.8, 4) is 5.75 Å². The Labute approximate surface area is 166 Å². The molecule has 0 N–H and O–H groups in total. The van der Waals surface area contributed by atoms with Gasteiger partial charge in [0.25, 0.3) is 0 Å². The van der Waals surface area contributed by atoms with Crippen molar-refractivity contribution in [2.75, 3.05) is 0 Å². The second-order valence-corrected chi connectivity index (χ2v) is 8.25. The molecule has 27 heavy (non-hydrogen) atoms. The molecule has 140 valence electrons. The normalized spacial score (nSPS) is 14.9. The summed E-state index contributed by atoms with van der Waals surface area (Å²) in [7, 11) is 0. The minimum Gasteiger partial charge on any atom is -0.484 e. The van der Waals surface area contributed by atoms with Crippen LogP contribution in [0.3, 0.4) is 0 Å². The lowest BCUT2D eigenvalue weighted by Gasteiger charge is -2.14. The first-order valence-corrected chi connectivity index (χ1v) is 10.1. The molecule has 0 amide bonds. The molecule has 1 aromatic heterocycles. The van der Waals surface area contributed by atoms with Crippen LogP contribution in [-0.2, 0) is 6.61 Å². The third-order valence-electron chi connectivity index (χ3n) is 4.46. The lowest BCUT2D eigenvalue weighted by molar-refractivity contribution is 0.288. The molecule has 1 fully saturated rings. The summed E-state index contributed by atoms with van der Waals surface area (Å²) in [6.07, 6.45) is 2.24. The number of benzene rings is 2. The summed E-state index contributed by atoms with van der Waals surface area (Å²) in [5.41, 5.74) is 1.06. The van der Waals surface area contributed by atoms with E-state index >= 15 is 0 Å². The van der Waals surface area contributed by atoms with Crippen LogP contribution in [0.2, 0.25) is 5.02 Å². The topological polar surface area (TPSA) is 39.9 Å². The van der Waals surface area contributed by atoms with Gasteiger partial charge in [0.15, 0.2) is 11.0 Å². The maximum atomic E-state index is 13.2. The van der Waals surface area contributed by atoms with Crippen LogP contribution < -0.4 is 4.74 Å². The average molecular weight is 404 g/mol. The highest BCUT2D eigenvalue weighted by Crippen LogP contribution is 2.42. The van der Waals surface area contributed by atoms with Crippen molar-refractivity contribution in [3.63, 3.8) is 0 Å². The quantitative estimate of drug-likeness (QED) is 0.465. The minimum absolute atomic E-state index is 0.143. The maximum absolute atomic E-state index is 13.2. The van der Waals surface area contributed by atoms with Gasteiger partial charge in [-0.25, -0.2) is 4.39 Å². The highest BCUT2D eigenvalue weighted by Gasteiger charge is 2.30. The summed E-state index contributed by atoms with van der Waals surface area (Å²) in [5, 5.41) is 10.3. The van der Waals surface area contributed by atoms with Gasteiger partial charge >= 0.3 is 0 Å². The van der Waals surface area contributed by atoms with E-state index in [1.54, 1.807) is 17.8 Å². The first-order chi connectivity index (χ1) is 13.1. The zero-order chi connectivity index (χ0) is 18.8. The molecule has 1 heterocycles. The number of hydrogen-bond acceptors (Lipinski definition) is 4. The van der Waals surface area contributed by atoms with Crippen LogP contribution in [0.15, 0.2) is 53.7 Å². The van der Waals surface area contributed by atoms with Crippen LogP contribution in [0.25, 0.3) is 0 Å². The van der Waals surface area contributed by atoms with E-state index in [1.807, 2.05) is 30.3 Å². The smallest absolute Gasteiger partial charge is 0.192 e. The zero-order valence-corrected chi connectivity index (χ0v) is 16.4. The average Bonchev–Trinajstić information content (AvgIpc) is 3.43. The van der Waals surface area contributed by atoms with Crippen LogP contribution in [0.5, 0.6) is 5.75 Å². The van der Waals surface area contributed by atoms with Gasteiger partial charge in [0.05, 0.1) is 5.02 Å². The number of nitrogens with zero attached hydrogens (tertiary/aromatic N) is 3. The van der Waals surface area contributed by atoms with Crippen LogP contribution >= 0.6 is 23.4 Å². The predicted molar refractivity (Wildman–Crippen MR) is 105 cm³/mol. The van der Waals surface area contributed by atoms with Crippen molar-refractivity contribution in [1.29, 1.82) is 0 Å². The summed E-state index contributed by atoms with van der Waals surface area (Å²) < 4.78 is 21.2. The lowest BCUT2D eigenvalue weighted by atomic mass is 10.2. The Morgan fingerprint density at radius 2 is 1.93 bits per heavy atom. The van der Waals surface area contributed by atoms with Crippen molar-refractivity contribution < 1.29 is 9.13 Å². The van der Waals surface area contributed by atoms with Gasteiger partial charge in [-0.05, 0) is 49.6 Å². The first-order valence-electron chi connectivity index (χ1n) is 8.85. The Morgan fingerprint density at radius 1 is 1.19 bits per heavy atom.